The fourth-order valence-corrected chi connectivity index (χ4v) is 3.98. The van der Waals surface area contributed by atoms with E-state index in [-0.39, 0.29) is 18.9 Å². The SMILES string of the molecule is CCOc1ccc(N(CCCC(=O)NCCN2CCOCC2)S(C)(=O)=O)cc1. The van der Waals surface area contributed by atoms with Gasteiger partial charge in [-0.05, 0) is 37.6 Å². The maximum atomic E-state index is 12.1. The number of nitrogens with zero attached hydrogens (tertiary/aromatic N) is 2. The number of hydrogen-bond acceptors (Lipinski definition) is 6. The Balaban J connectivity index is 1.77. The summed E-state index contributed by atoms with van der Waals surface area (Å²) in [7, 11) is -3.43. The number of hydrogen-bond donors (Lipinski definition) is 1. The number of ether oxygens (including phenoxy) is 2. The molecule has 0 aromatic heterocycles. The van der Waals surface area contributed by atoms with Gasteiger partial charge in [-0.15, -0.1) is 0 Å². The first-order valence-electron chi connectivity index (χ1n) is 9.67. The van der Waals surface area contributed by atoms with E-state index >= 15 is 0 Å². The van der Waals surface area contributed by atoms with Crippen molar-refractivity contribution in [3.05, 3.63) is 24.3 Å². The van der Waals surface area contributed by atoms with Crippen molar-refractivity contribution in [3.63, 3.8) is 0 Å². The molecule has 0 radical (unpaired) electrons. The molecule has 1 fully saturated rings. The van der Waals surface area contributed by atoms with E-state index in [1.54, 1.807) is 24.3 Å². The van der Waals surface area contributed by atoms with Crippen molar-refractivity contribution in [1.29, 1.82) is 0 Å². The van der Waals surface area contributed by atoms with Crippen LogP contribution >= 0.6 is 0 Å². The Morgan fingerprint density at radius 1 is 1.25 bits per heavy atom. The fourth-order valence-electron chi connectivity index (χ4n) is 3.01. The van der Waals surface area contributed by atoms with E-state index in [4.69, 9.17) is 9.47 Å². The topological polar surface area (TPSA) is 88.2 Å². The van der Waals surface area contributed by atoms with Crippen LogP contribution in [0.2, 0.25) is 0 Å². The van der Waals surface area contributed by atoms with Crippen molar-refractivity contribution in [2.45, 2.75) is 19.8 Å². The third-order valence-electron chi connectivity index (χ3n) is 4.45. The molecule has 1 heterocycles. The summed E-state index contributed by atoms with van der Waals surface area (Å²) in [6.45, 7) is 7.34. The summed E-state index contributed by atoms with van der Waals surface area (Å²) in [6, 6.07) is 6.92. The highest BCUT2D eigenvalue weighted by Crippen LogP contribution is 2.22. The van der Waals surface area contributed by atoms with Crippen LogP contribution in [0.25, 0.3) is 0 Å². The van der Waals surface area contributed by atoms with Crippen molar-refractivity contribution in [2.24, 2.45) is 0 Å². The number of sulfonamides is 1. The minimum absolute atomic E-state index is 0.0617. The highest BCUT2D eigenvalue weighted by atomic mass is 32.2. The van der Waals surface area contributed by atoms with Gasteiger partial charge in [0.2, 0.25) is 15.9 Å². The second-order valence-corrected chi connectivity index (χ2v) is 8.58. The van der Waals surface area contributed by atoms with Crippen molar-refractivity contribution >= 4 is 21.6 Å². The van der Waals surface area contributed by atoms with Gasteiger partial charge in [0.15, 0.2) is 0 Å². The molecule has 0 aliphatic carbocycles. The molecule has 0 saturated carbocycles. The second kappa shape index (κ2) is 11.2. The number of anilines is 1. The molecule has 0 atom stereocenters. The summed E-state index contributed by atoms with van der Waals surface area (Å²) in [6.07, 6.45) is 1.90. The second-order valence-electron chi connectivity index (χ2n) is 6.67. The number of amides is 1. The van der Waals surface area contributed by atoms with Crippen LogP contribution in [0.15, 0.2) is 24.3 Å². The number of rotatable bonds is 11. The first-order chi connectivity index (χ1) is 13.4. The van der Waals surface area contributed by atoms with Crippen molar-refractivity contribution in [1.82, 2.24) is 10.2 Å². The van der Waals surface area contributed by atoms with E-state index < -0.39 is 10.0 Å². The summed E-state index contributed by atoms with van der Waals surface area (Å²) in [5.74, 6) is 0.632. The first-order valence-corrected chi connectivity index (χ1v) is 11.5. The lowest BCUT2D eigenvalue weighted by Gasteiger charge is -2.26. The molecule has 2 rings (SSSR count). The Labute approximate surface area is 167 Å². The van der Waals surface area contributed by atoms with E-state index in [1.165, 1.54) is 10.6 Å². The van der Waals surface area contributed by atoms with E-state index in [2.05, 4.69) is 10.2 Å². The Morgan fingerprint density at radius 2 is 1.93 bits per heavy atom. The molecule has 8 nitrogen and oxygen atoms in total. The zero-order valence-electron chi connectivity index (χ0n) is 16.7. The number of carbonyl (C=O) groups excluding carboxylic acids is 1. The molecule has 1 aromatic carbocycles. The molecule has 0 unspecified atom stereocenters. The molecular formula is C19H31N3O5S. The molecule has 1 aliphatic heterocycles. The van der Waals surface area contributed by atoms with Crippen LogP contribution in [-0.2, 0) is 19.6 Å². The minimum atomic E-state index is -3.43. The quantitative estimate of drug-likeness (QED) is 0.584. The molecule has 28 heavy (non-hydrogen) atoms. The van der Waals surface area contributed by atoms with E-state index in [0.717, 1.165) is 32.8 Å². The third-order valence-corrected chi connectivity index (χ3v) is 5.65. The Kier molecular flexibility index (Phi) is 9.01. The maximum Gasteiger partial charge on any atom is 0.232 e. The van der Waals surface area contributed by atoms with Crippen LogP contribution in [0.3, 0.4) is 0 Å². The van der Waals surface area contributed by atoms with Crippen molar-refractivity contribution in [2.75, 3.05) is 63.1 Å². The van der Waals surface area contributed by atoms with Gasteiger partial charge in [-0.1, -0.05) is 0 Å². The smallest absolute Gasteiger partial charge is 0.232 e. The maximum absolute atomic E-state index is 12.1. The van der Waals surface area contributed by atoms with Gasteiger partial charge in [0.25, 0.3) is 0 Å². The van der Waals surface area contributed by atoms with Gasteiger partial charge in [-0.3, -0.25) is 14.0 Å². The molecule has 0 bridgehead atoms. The molecule has 1 aromatic rings. The van der Waals surface area contributed by atoms with Gasteiger partial charge in [0, 0.05) is 39.1 Å². The average Bonchev–Trinajstić information content (AvgIpc) is 2.66. The van der Waals surface area contributed by atoms with E-state index in [9.17, 15) is 13.2 Å². The van der Waals surface area contributed by atoms with E-state index in [1.807, 2.05) is 6.92 Å². The van der Waals surface area contributed by atoms with Crippen LogP contribution in [0.5, 0.6) is 5.75 Å². The standard InChI is InChI=1S/C19H31N3O5S/c1-3-27-18-8-6-17(7-9-18)22(28(2,24)25)11-4-5-19(23)20-10-12-21-13-15-26-16-14-21/h6-9H,3-5,10-16H2,1-2H3,(H,20,23). The average molecular weight is 414 g/mol. The molecule has 1 amide bonds. The molecular weight excluding hydrogens is 382 g/mol. The number of benzene rings is 1. The van der Waals surface area contributed by atoms with Gasteiger partial charge < -0.3 is 14.8 Å². The van der Waals surface area contributed by atoms with Gasteiger partial charge in [-0.25, -0.2) is 8.42 Å². The van der Waals surface area contributed by atoms with Crippen LogP contribution in [0, 0.1) is 0 Å². The number of nitrogens with one attached hydrogen (secondary N) is 1. The summed E-state index contributed by atoms with van der Waals surface area (Å²) in [4.78, 5) is 14.3. The summed E-state index contributed by atoms with van der Waals surface area (Å²) >= 11 is 0. The van der Waals surface area contributed by atoms with Crippen LogP contribution in [-0.4, -0.2) is 78.0 Å². The molecule has 1 N–H and O–H groups in total. The third kappa shape index (κ3) is 7.65. The van der Waals surface area contributed by atoms with Crippen LogP contribution in [0.1, 0.15) is 19.8 Å². The molecule has 0 spiro atoms. The Hall–Kier alpha value is -1.84. The van der Waals surface area contributed by atoms with Crippen molar-refractivity contribution in [3.8, 4) is 5.75 Å². The monoisotopic (exact) mass is 413 g/mol. The van der Waals surface area contributed by atoms with Crippen LogP contribution in [0.4, 0.5) is 5.69 Å². The molecule has 9 heteroatoms. The Morgan fingerprint density at radius 3 is 2.54 bits per heavy atom. The molecule has 158 valence electrons. The predicted molar refractivity (Wildman–Crippen MR) is 109 cm³/mol. The highest BCUT2D eigenvalue weighted by molar-refractivity contribution is 7.92. The Bertz CT molecular complexity index is 703. The lowest BCUT2D eigenvalue weighted by molar-refractivity contribution is -0.121. The molecule has 1 saturated heterocycles. The van der Waals surface area contributed by atoms with Crippen LogP contribution < -0.4 is 14.4 Å². The summed E-state index contributed by atoms with van der Waals surface area (Å²) in [5.41, 5.74) is 0.568. The van der Waals surface area contributed by atoms with Crippen molar-refractivity contribution < 1.29 is 22.7 Å². The van der Waals surface area contributed by atoms with Gasteiger partial charge in [0.05, 0.1) is 31.8 Å². The lowest BCUT2D eigenvalue weighted by Crippen LogP contribution is -2.41. The number of carbonyl (C=O) groups is 1. The number of morpholine rings is 1. The first kappa shape index (κ1) is 22.4. The zero-order valence-corrected chi connectivity index (χ0v) is 17.5. The van der Waals surface area contributed by atoms with Gasteiger partial charge >= 0.3 is 0 Å². The van der Waals surface area contributed by atoms with E-state index in [0.29, 0.717) is 31.0 Å². The molecule has 1 aliphatic rings. The zero-order chi connectivity index (χ0) is 20.4. The normalized spacial score (nSPS) is 15.2. The van der Waals surface area contributed by atoms with Gasteiger partial charge in [0.1, 0.15) is 5.75 Å². The fraction of sp³-hybridized carbons (Fsp3) is 0.632. The summed E-state index contributed by atoms with van der Waals surface area (Å²) in [5, 5.41) is 2.90. The summed E-state index contributed by atoms with van der Waals surface area (Å²) < 4.78 is 36.3. The lowest BCUT2D eigenvalue weighted by atomic mass is 10.2. The predicted octanol–water partition coefficient (Wildman–Crippen LogP) is 1.08. The highest BCUT2D eigenvalue weighted by Gasteiger charge is 2.18. The van der Waals surface area contributed by atoms with Gasteiger partial charge in [-0.2, -0.15) is 0 Å². The largest absolute Gasteiger partial charge is 0.494 e. The minimum Gasteiger partial charge on any atom is -0.494 e.